The van der Waals surface area contributed by atoms with Crippen molar-refractivity contribution in [1.82, 2.24) is 9.97 Å². The molecule has 0 unspecified atom stereocenters. The normalized spacial score (nSPS) is 11.8. The third kappa shape index (κ3) is 2.32. The van der Waals surface area contributed by atoms with Gasteiger partial charge in [-0.25, -0.2) is 18.7 Å². The molecule has 0 aliphatic carbocycles. The number of fused-ring (bicyclic) bond motifs is 7. The third-order valence-electron chi connectivity index (χ3n) is 4.47. The summed E-state index contributed by atoms with van der Waals surface area (Å²) in [7, 11) is 0. The maximum Gasteiger partial charge on any atom is 0.161 e. The van der Waals surface area contributed by atoms with Gasteiger partial charge in [0.05, 0.1) is 22.1 Å². The van der Waals surface area contributed by atoms with Crippen LogP contribution in [-0.4, -0.2) is 9.97 Å². The number of hydrogen-bond donors (Lipinski definition) is 0. The molecule has 126 valence electrons. The molecule has 2 nitrogen and oxygen atoms in total. The molecule has 0 aliphatic heterocycles. The molecule has 0 bridgehead atoms. The molecule has 0 amide bonds. The SMILES string of the molecule is Fc1cc2nc3c4ccc(Br)cc4c4cc(Br)ccc4c3nc2cc1F. The van der Waals surface area contributed by atoms with Gasteiger partial charge in [-0.3, -0.25) is 0 Å². The number of aromatic nitrogens is 2. The highest BCUT2D eigenvalue weighted by Crippen LogP contribution is 2.36. The van der Waals surface area contributed by atoms with E-state index in [9.17, 15) is 8.78 Å². The fraction of sp³-hybridized carbons (Fsp3) is 0. The lowest BCUT2D eigenvalue weighted by Crippen LogP contribution is -1.94. The predicted molar refractivity (Wildman–Crippen MR) is 107 cm³/mol. The van der Waals surface area contributed by atoms with Crippen LogP contribution in [0.15, 0.2) is 57.5 Å². The number of hydrogen-bond acceptors (Lipinski definition) is 2. The van der Waals surface area contributed by atoms with Crippen LogP contribution in [0, 0.1) is 11.6 Å². The molecule has 0 radical (unpaired) electrons. The Morgan fingerprint density at radius 2 is 1.00 bits per heavy atom. The Kier molecular flexibility index (Phi) is 3.49. The molecule has 0 spiro atoms. The Bertz CT molecular complexity index is 1280. The summed E-state index contributed by atoms with van der Waals surface area (Å²) in [5.74, 6) is -1.86. The fourth-order valence-corrected chi connectivity index (χ4v) is 4.04. The summed E-state index contributed by atoms with van der Waals surface area (Å²) >= 11 is 7.04. The van der Waals surface area contributed by atoms with Gasteiger partial charge in [-0.1, -0.05) is 44.0 Å². The maximum absolute atomic E-state index is 13.7. The summed E-state index contributed by atoms with van der Waals surface area (Å²) in [4.78, 5) is 9.23. The molecular weight excluding hydrogens is 466 g/mol. The van der Waals surface area contributed by atoms with Gasteiger partial charge in [-0.15, -0.1) is 0 Å². The molecule has 4 aromatic carbocycles. The standard InChI is InChI=1S/C20H8Br2F2N2/c21-9-1-3-11-13(5-9)14-6-10(22)2-4-12(14)20-19(11)25-17-7-15(23)16(24)8-18(17)26-20/h1-8H. The average molecular weight is 474 g/mol. The van der Waals surface area contributed by atoms with Crippen molar-refractivity contribution in [2.75, 3.05) is 0 Å². The van der Waals surface area contributed by atoms with E-state index in [4.69, 9.17) is 0 Å². The van der Waals surface area contributed by atoms with Crippen molar-refractivity contribution in [3.8, 4) is 0 Å². The van der Waals surface area contributed by atoms with Crippen LogP contribution in [0.5, 0.6) is 0 Å². The Morgan fingerprint density at radius 3 is 1.42 bits per heavy atom. The van der Waals surface area contributed by atoms with Crippen molar-refractivity contribution in [3.63, 3.8) is 0 Å². The highest BCUT2D eigenvalue weighted by atomic mass is 79.9. The van der Waals surface area contributed by atoms with Gasteiger partial charge >= 0.3 is 0 Å². The minimum atomic E-state index is -0.928. The van der Waals surface area contributed by atoms with Crippen LogP contribution in [0.25, 0.3) is 43.6 Å². The van der Waals surface area contributed by atoms with Gasteiger partial charge in [-0.2, -0.15) is 0 Å². The van der Waals surface area contributed by atoms with Crippen molar-refractivity contribution >= 4 is 75.5 Å². The molecule has 0 fully saturated rings. The van der Waals surface area contributed by atoms with Gasteiger partial charge in [0.25, 0.3) is 0 Å². The summed E-state index contributed by atoms with van der Waals surface area (Å²) < 4.78 is 29.2. The van der Waals surface area contributed by atoms with Crippen molar-refractivity contribution in [2.24, 2.45) is 0 Å². The number of rotatable bonds is 0. The molecule has 0 saturated carbocycles. The zero-order valence-corrected chi connectivity index (χ0v) is 16.2. The number of halogens is 4. The van der Waals surface area contributed by atoms with Crippen molar-refractivity contribution in [1.29, 1.82) is 0 Å². The van der Waals surface area contributed by atoms with E-state index in [-0.39, 0.29) is 0 Å². The van der Waals surface area contributed by atoms with E-state index < -0.39 is 11.6 Å². The van der Waals surface area contributed by atoms with E-state index in [1.165, 1.54) is 0 Å². The van der Waals surface area contributed by atoms with E-state index in [2.05, 4.69) is 41.8 Å². The van der Waals surface area contributed by atoms with Gasteiger partial charge in [0.2, 0.25) is 0 Å². The van der Waals surface area contributed by atoms with Crippen molar-refractivity contribution in [3.05, 3.63) is 69.1 Å². The molecule has 1 aromatic heterocycles. The first-order chi connectivity index (χ1) is 12.5. The largest absolute Gasteiger partial charge is 0.244 e. The van der Waals surface area contributed by atoms with Gasteiger partial charge in [0, 0.05) is 31.9 Å². The first-order valence-electron chi connectivity index (χ1n) is 7.78. The molecule has 26 heavy (non-hydrogen) atoms. The van der Waals surface area contributed by atoms with Gasteiger partial charge < -0.3 is 0 Å². The van der Waals surface area contributed by atoms with Gasteiger partial charge in [-0.05, 0) is 35.0 Å². The van der Waals surface area contributed by atoms with E-state index in [0.717, 1.165) is 42.6 Å². The highest BCUT2D eigenvalue weighted by Gasteiger charge is 2.14. The molecule has 5 aromatic rings. The summed E-state index contributed by atoms with van der Waals surface area (Å²) in [6.07, 6.45) is 0. The summed E-state index contributed by atoms with van der Waals surface area (Å²) in [6, 6.07) is 14.0. The van der Waals surface area contributed by atoms with Crippen molar-refractivity contribution in [2.45, 2.75) is 0 Å². The lowest BCUT2D eigenvalue weighted by atomic mass is 9.99. The van der Waals surface area contributed by atoms with Crippen molar-refractivity contribution < 1.29 is 8.78 Å². The molecule has 6 heteroatoms. The van der Waals surface area contributed by atoms with Gasteiger partial charge in [0.15, 0.2) is 11.6 Å². The molecule has 1 heterocycles. The second-order valence-electron chi connectivity index (χ2n) is 6.06. The average Bonchev–Trinajstić information content (AvgIpc) is 2.61. The van der Waals surface area contributed by atoms with Gasteiger partial charge in [0.1, 0.15) is 0 Å². The lowest BCUT2D eigenvalue weighted by molar-refractivity contribution is 0.510. The summed E-state index contributed by atoms with van der Waals surface area (Å²) in [5.41, 5.74) is 2.00. The molecular formula is C20H8Br2F2N2. The zero-order valence-electron chi connectivity index (χ0n) is 13.0. The maximum atomic E-state index is 13.7. The monoisotopic (exact) mass is 472 g/mol. The van der Waals surface area contributed by atoms with Crippen LogP contribution in [0.1, 0.15) is 0 Å². The Balaban J connectivity index is 2.10. The van der Waals surface area contributed by atoms with E-state index >= 15 is 0 Å². The number of benzene rings is 4. The van der Waals surface area contributed by atoms with Crippen LogP contribution in [0.4, 0.5) is 8.78 Å². The quantitative estimate of drug-likeness (QED) is 0.181. The summed E-state index contributed by atoms with van der Waals surface area (Å²) in [5, 5.41) is 3.85. The van der Waals surface area contributed by atoms with Crippen LogP contribution in [0.3, 0.4) is 0 Å². The Labute approximate surface area is 163 Å². The lowest BCUT2D eigenvalue weighted by Gasteiger charge is -2.11. The molecule has 5 rings (SSSR count). The van der Waals surface area contributed by atoms with Crippen LogP contribution in [-0.2, 0) is 0 Å². The third-order valence-corrected chi connectivity index (χ3v) is 5.46. The number of nitrogens with zero attached hydrogens (tertiary/aromatic N) is 2. The zero-order chi connectivity index (χ0) is 18.0. The second-order valence-corrected chi connectivity index (χ2v) is 7.89. The van der Waals surface area contributed by atoms with E-state index in [0.29, 0.717) is 22.1 Å². The smallest absolute Gasteiger partial charge is 0.161 e. The minimum absolute atomic E-state index is 0.331. The first kappa shape index (κ1) is 16.0. The highest BCUT2D eigenvalue weighted by molar-refractivity contribution is 9.10. The van der Waals surface area contributed by atoms with E-state index in [1.807, 2.05) is 36.4 Å². The Hall–Kier alpha value is -2.18. The van der Waals surface area contributed by atoms with Crippen LogP contribution in [0.2, 0.25) is 0 Å². The molecule has 0 aliphatic rings. The molecule has 0 saturated heterocycles. The summed E-state index contributed by atoms with van der Waals surface area (Å²) in [6.45, 7) is 0. The fourth-order valence-electron chi connectivity index (χ4n) is 3.32. The first-order valence-corrected chi connectivity index (χ1v) is 9.37. The molecule has 0 N–H and O–H groups in total. The van der Waals surface area contributed by atoms with Crippen LogP contribution >= 0.6 is 31.9 Å². The topological polar surface area (TPSA) is 25.8 Å². The van der Waals surface area contributed by atoms with E-state index in [1.54, 1.807) is 0 Å². The van der Waals surface area contributed by atoms with Crippen LogP contribution < -0.4 is 0 Å². The Morgan fingerprint density at radius 1 is 0.577 bits per heavy atom. The minimum Gasteiger partial charge on any atom is -0.244 e. The predicted octanol–water partition coefficient (Wildman–Crippen LogP) is 6.89. The second kappa shape index (κ2) is 5.66. The molecule has 0 atom stereocenters.